The zero-order valence-corrected chi connectivity index (χ0v) is 21.1. The third kappa shape index (κ3) is 3.95. The van der Waals surface area contributed by atoms with Gasteiger partial charge in [0.05, 0.1) is 18.1 Å². The number of nitrogen functional groups attached to an aromatic ring is 1. The fourth-order valence-corrected chi connectivity index (χ4v) is 5.00. The number of anilines is 1. The van der Waals surface area contributed by atoms with E-state index in [1.54, 1.807) is 11.6 Å². The summed E-state index contributed by atoms with van der Waals surface area (Å²) >= 11 is 0. The van der Waals surface area contributed by atoms with Gasteiger partial charge in [-0.1, -0.05) is 20.8 Å². The molecule has 11 heteroatoms. The average Bonchev–Trinajstić information content (AvgIpc) is 3.28. The SMILES string of the molecule is C[C@H](O)c1nn([C@@H]2O[C@H](CO[Si](C)(C)C(C)(C)C)[C@H]3OC(C)(C)O[C@H]32)c2ncnc(N)c12. The average molecular weight is 466 g/mol. The quantitative estimate of drug-likeness (QED) is 0.641. The molecule has 4 rings (SSSR count). The van der Waals surface area contributed by atoms with Gasteiger partial charge in [0.25, 0.3) is 0 Å². The Hall–Kier alpha value is -1.63. The van der Waals surface area contributed by atoms with Crippen LogP contribution in [-0.4, -0.2) is 63.9 Å². The molecule has 32 heavy (non-hydrogen) atoms. The van der Waals surface area contributed by atoms with Gasteiger partial charge in [-0.15, -0.1) is 0 Å². The molecule has 0 unspecified atom stereocenters. The van der Waals surface area contributed by atoms with Crippen LogP contribution in [0.2, 0.25) is 18.1 Å². The number of fused-ring (bicyclic) bond motifs is 2. The van der Waals surface area contributed by atoms with Crippen LogP contribution < -0.4 is 5.73 Å². The van der Waals surface area contributed by atoms with Gasteiger partial charge in [0.2, 0.25) is 0 Å². The minimum absolute atomic E-state index is 0.0789. The lowest BCUT2D eigenvalue weighted by Gasteiger charge is -2.37. The largest absolute Gasteiger partial charge is 0.414 e. The molecule has 0 amide bonds. The molecule has 178 valence electrons. The number of nitrogens with two attached hydrogens (primary N) is 1. The van der Waals surface area contributed by atoms with Crippen LogP contribution in [0.1, 0.15) is 59.6 Å². The molecule has 2 aliphatic rings. The molecule has 0 spiro atoms. The first-order valence-electron chi connectivity index (χ1n) is 11.0. The summed E-state index contributed by atoms with van der Waals surface area (Å²) in [6, 6.07) is 0. The summed E-state index contributed by atoms with van der Waals surface area (Å²) in [7, 11) is -1.98. The Morgan fingerprint density at radius 2 is 1.91 bits per heavy atom. The molecule has 0 radical (unpaired) electrons. The van der Waals surface area contributed by atoms with Crippen molar-refractivity contribution < 1.29 is 23.7 Å². The number of hydrogen-bond acceptors (Lipinski definition) is 9. The first kappa shape index (κ1) is 23.5. The molecule has 2 saturated heterocycles. The molecule has 4 heterocycles. The van der Waals surface area contributed by atoms with Crippen LogP contribution in [0.3, 0.4) is 0 Å². The van der Waals surface area contributed by atoms with Crippen molar-refractivity contribution in [1.82, 2.24) is 19.7 Å². The minimum Gasteiger partial charge on any atom is -0.414 e. The van der Waals surface area contributed by atoms with Crippen LogP contribution in [0, 0.1) is 0 Å². The molecule has 10 nitrogen and oxygen atoms in total. The number of aliphatic hydroxyl groups is 1. The molecule has 2 aromatic heterocycles. The molecule has 2 aliphatic heterocycles. The highest BCUT2D eigenvalue weighted by Gasteiger charge is 2.57. The Morgan fingerprint density at radius 1 is 1.25 bits per heavy atom. The Balaban J connectivity index is 1.69. The van der Waals surface area contributed by atoms with Gasteiger partial charge in [-0.2, -0.15) is 5.10 Å². The number of rotatable bonds is 5. The molecule has 3 N–H and O–H groups in total. The molecule has 0 bridgehead atoms. The van der Waals surface area contributed by atoms with E-state index in [1.165, 1.54) is 6.33 Å². The van der Waals surface area contributed by atoms with Crippen LogP contribution in [0.25, 0.3) is 11.0 Å². The molecular formula is C21H35N5O5Si. The highest BCUT2D eigenvalue weighted by atomic mass is 28.4. The summed E-state index contributed by atoms with van der Waals surface area (Å²) in [6.45, 7) is 16.8. The van der Waals surface area contributed by atoms with E-state index in [9.17, 15) is 5.11 Å². The first-order valence-corrected chi connectivity index (χ1v) is 13.9. The summed E-state index contributed by atoms with van der Waals surface area (Å²) < 4.78 is 26.9. The van der Waals surface area contributed by atoms with E-state index in [0.29, 0.717) is 23.3 Å². The van der Waals surface area contributed by atoms with E-state index in [0.717, 1.165) is 0 Å². The molecule has 2 fully saturated rings. The number of aromatic nitrogens is 4. The Morgan fingerprint density at radius 3 is 2.53 bits per heavy atom. The molecule has 5 atom stereocenters. The van der Waals surface area contributed by atoms with Crippen LogP contribution in [0.4, 0.5) is 5.82 Å². The van der Waals surface area contributed by atoms with Crippen LogP contribution in [0.5, 0.6) is 0 Å². The van der Waals surface area contributed by atoms with Crippen LogP contribution in [-0.2, 0) is 18.6 Å². The predicted molar refractivity (Wildman–Crippen MR) is 121 cm³/mol. The van der Waals surface area contributed by atoms with Crippen molar-refractivity contribution in [3.63, 3.8) is 0 Å². The number of hydrogen-bond donors (Lipinski definition) is 2. The van der Waals surface area contributed by atoms with Crippen LogP contribution in [0.15, 0.2) is 6.33 Å². The Bertz CT molecular complexity index is 1000. The van der Waals surface area contributed by atoms with E-state index < -0.39 is 32.5 Å². The van der Waals surface area contributed by atoms with Gasteiger partial charge in [0, 0.05) is 0 Å². The van der Waals surface area contributed by atoms with E-state index in [-0.39, 0.29) is 23.1 Å². The summed E-state index contributed by atoms with van der Waals surface area (Å²) in [5.41, 5.74) is 6.98. The lowest BCUT2D eigenvalue weighted by atomic mass is 10.1. The van der Waals surface area contributed by atoms with Gasteiger partial charge in [0.1, 0.15) is 36.2 Å². The highest BCUT2D eigenvalue weighted by molar-refractivity contribution is 6.74. The summed E-state index contributed by atoms with van der Waals surface area (Å²) in [4.78, 5) is 8.44. The summed E-state index contributed by atoms with van der Waals surface area (Å²) in [6.07, 6.45) is -1.16. The fraction of sp³-hybridized carbons (Fsp3) is 0.762. The lowest BCUT2D eigenvalue weighted by molar-refractivity contribution is -0.200. The number of ether oxygens (including phenoxy) is 3. The van der Waals surface area contributed by atoms with Crippen molar-refractivity contribution in [3.05, 3.63) is 12.0 Å². The molecule has 2 aromatic rings. The van der Waals surface area contributed by atoms with Gasteiger partial charge in [-0.3, -0.25) is 0 Å². The second-order valence-corrected chi connectivity index (χ2v) is 15.5. The van der Waals surface area contributed by atoms with E-state index in [4.69, 9.17) is 24.4 Å². The van der Waals surface area contributed by atoms with Crippen molar-refractivity contribution in [3.8, 4) is 0 Å². The van der Waals surface area contributed by atoms with Gasteiger partial charge in [-0.25, -0.2) is 14.6 Å². The van der Waals surface area contributed by atoms with E-state index in [2.05, 4.69) is 48.9 Å². The maximum Gasteiger partial charge on any atom is 0.192 e. The second kappa shape index (κ2) is 7.71. The predicted octanol–water partition coefficient (Wildman–Crippen LogP) is 2.90. The molecule has 0 aromatic carbocycles. The molecule has 0 saturated carbocycles. The van der Waals surface area contributed by atoms with E-state index >= 15 is 0 Å². The van der Waals surface area contributed by atoms with Crippen molar-refractivity contribution in [2.45, 2.75) is 96.1 Å². The number of nitrogens with zero attached hydrogens (tertiary/aromatic N) is 4. The van der Waals surface area contributed by atoms with Crippen molar-refractivity contribution in [2.24, 2.45) is 0 Å². The van der Waals surface area contributed by atoms with Crippen LogP contribution >= 0.6 is 0 Å². The number of aliphatic hydroxyl groups excluding tert-OH is 1. The summed E-state index contributed by atoms with van der Waals surface area (Å²) in [5, 5.41) is 15.5. The lowest BCUT2D eigenvalue weighted by Crippen LogP contribution is -2.44. The monoisotopic (exact) mass is 465 g/mol. The zero-order valence-electron chi connectivity index (χ0n) is 20.1. The fourth-order valence-electron chi connectivity index (χ4n) is 3.99. The third-order valence-corrected chi connectivity index (χ3v) is 11.2. The van der Waals surface area contributed by atoms with Gasteiger partial charge >= 0.3 is 0 Å². The maximum atomic E-state index is 10.3. The zero-order chi connectivity index (χ0) is 23.6. The van der Waals surface area contributed by atoms with Gasteiger partial charge in [-0.05, 0) is 38.9 Å². The summed E-state index contributed by atoms with van der Waals surface area (Å²) in [5.74, 6) is -0.509. The Kier molecular flexibility index (Phi) is 5.67. The van der Waals surface area contributed by atoms with Gasteiger partial charge < -0.3 is 29.5 Å². The normalized spacial score (nSPS) is 28.9. The standard InChI is InChI=1S/C21H35N5O5Si/c1-11(27)14-13-17(22)23-10-24-18(13)26(25-14)19-16-15(30-21(5,6)31-16)12(29-19)9-28-32(7,8)20(2,3)4/h10-12,15-16,19,27H,9H2,1-8H3,(H2,22,23,24)/t11-,12+,15+,16+,19+/m0/s1. The highest BCUT2D eigenvalue weighted by Crippen LogP contribution is 2.45. The maximum absolute atomic E-state index is 10.3. The first-order chi connectivity index (χ1) is 14.7. The van der Waals surface area contributed by atoms with Crippen molar-refractivity contribution in [1.29, 1.82) is 0 Å². The Labute approximate surface area is 189 Å². The molecular weight excluding hydrogens is 430 g/mol. The minimum atomic E-state index is -1.98. The topological polar surface area (TPSA) is 127 Å². The molecule has 0 aliphatic carbocycles. The van der Waals surface area contributed by atoms with Crippen molar-refractivity contribution in [2.75, 3.05) is 12.3 Å². The second-order valence-electron chi connectivity index (χ2n) is 10.7. The third-order valence-electron chi connectivity index (χ3n) is 6.72. The van der Waals surface area contributed by atoms with Gasteiger partial charge in [0.15, 0.2) is 26.0 Å². The smallest absolute Gasteiger partial charge is 0.192 e. The van der Waals surface area contributed by atoms with E-state index in [1.807, 2.05) is 13.8 Å². The van der Waals surface area contributed by atoms with Crippen molar-refractivity contribution >= 4 is 25.2 Å².